The van der Waals surface area contributed by atoms with Gasteiger partial charge in [-0.3, -0.25) is 4.79 Å². The molecule has 0 radical (unpaired) electrons. The Morgan fingerprint density at radius 3 is 2.39 bits per heavy atom. The summed E-state index contributed by atoms with van der Waals surface area (Å²) in [5.41, 5.74) is -0.519. The van der Waals surface area contributed by atoms with E-state index in [1.807, 2.05) is 27.7 Å². The molecular formula is C13H23NO4. The van der Waals surface area contributed by atoms with Crippen molar-refractivity contribution in [1.82, 2.24) is 4.90 Å². The first-order valence-corrected chi connectivity index (χ1v) is 6.33. The third-order valence-corrected chi connectivity index (χ3v) is 3.12. The van der Waals surface area contributed by atoms with Gasteiger partial charge in [0.05, 0.1) is 13.0 Å². The Labute approximate surface area is 108 Å². The first-order chi connectivity index (χ1) is 8.26. The first kappa shape index (κ1) is 14.8. The number of rotatable bonds is 1. The third-order valence-electron chi connectivity index (χ3n) is 3.12. The maximum Gasteiger partial charge on any atom is 0.410 e. The molecule has 0 N–H and O–H groups in total. The van der Waals surface area contributed by atoms with Crippen LogP contribution in [0.25, 0.3) is 0 Å². The van der Waals surface area contributed by atoms with Crippen LogP contribution in [0.5, 0.6) is 0 Å². The Morgan fingerprint density at radius 2 is 1.89 bits per heavy atom. The number of nitrogens with zero attached hydrogens (tertiary/aromatic N) is 1. The number of carbonyl (C=O) groups is 2. The lowest BCUT2D eigenvalue weighted by Crippen LogP contribution is -2.50. The highest BCUT2D eigenvalue weighted by atomic mass is 16.6. The Bertz CT molecular complexity index is 321. The van der Waals surface area contributed by atoms with Crippen LogP contribution in [0.4, 0.5) is 4.79 Å². The average molecular weight is 257 g/mol. The van der Waals surface area contributed by atoms with Crippen LogP contribution in [0.1, 0.15) is 40.5 Å². The normalized spacial score (nSPS) is 24.6. The molecule has 0 aromatic carbocycles. The first-order valence-electron chi connectivity index (χ1n) is 6.33. The van der Waals surface area contributed by atoms with Crippen molar-refractivity contribution < 1.29 is 19.1 Å². The second-order valence-electron chi connectivity index (χ2n) is 5.69. The van der Waals surface area contributed by atoms with Crippen molar-refractivity contribution in [1.29, 1.82) is 0 Å². The van der Waals surface area contributed by atoms with Gasteiger partial charge >= 0.3 is 12.1 Å². The summed E-state index contributed by atoms with van der Waals surface area (Å²) >= 11 is 0. The van der Waals surface area contributed by atoms with E-state index in [0.29, 0.717) is 6.54 Å². The van der Waals surface area contributed by atoms with Gasteiger partial charge in [-0.25, -0.2) is 4.79 Å². The molecule has 0 aliphatic carbocycles. The zero-order chi connectivity index (χ0) is 13.9. The number of piperidine rings is 1. The number of hydrogen-bond donors (Lipinski definition) is 0. The highest BCUT2D eigenvalue weighted by Gasteiger charge is 2.37. The van der Waals surface area contributed by atoms with Crippen molar-refractivity contribution in [2.45, 2.75) is 52.2 Å². The molecule has 0 aromatic heterocycles. The van der Waals surface area contributed by atoms with E-state index >= 15 is 0 Å². The lowest BCUT2D eigenvalue weighted by molar-refractivity contribution is -0.149. The summed E-state index contributed by atoms with van der Waals surface area (Å²) in [5.74, 6) is -0.507. The molecule has 1 fully saturated rings. The molecule has 0 spiro atoms. The number of hydrogen-bond acceptors (Lipinski definition) is 4. The van der Waals surface area contributed by atoms with Gasteiger partial charge in [-0.2, -0.15) is 0 Å². The fourth-order valence-electron chi connectivity index (χ4n) is 2.19. The molecule has 0 bridgehead atoms. The van der Waals surface area contributed by atoms with E-state index in [1.54, 1.807) is 4.90 Å². The molecule has 18 heavy (non-hydrogen) atoms. The second-order valence-corrected chi connectivity index (χ2v) is 5.69. The lowest BCUT2D eigenvalue weighted by atomic mass is 9.90. The summed E-state index contributed by atoms with van der Waals surface area (Å²) in [6, 6.07) is -0.180. The fraction of sp³-hybridized carbons (Fsp3) is 0.846. The number of likely N-dealkylation sites (tertiary alicyclic amines) is 1. The van der Waals surface area contributed by atoms with Gasteiger partial charge in [0.25, 0.3) is 0 Å². The van der Waals surface area contributed by atoms with E-state index in [9.17, 15) is 9.59 Å². The van der Waals surface area contributed by atoms with Crippen molar-refractivity contribution in [3.63, 3.8) is 0 Å². The SMILES string of the molecule is COC(=O)C1CCCN(C(=O)OC(C)(C)C)C1C. The van der Waals surface area contributed by atoms with Crippen molar-refractivity contribution in [3.05, 3.63) is 0 Å². The molecule has 0 saturated carbocycles. The van der Waals surface area contributed by atoms with Gasteiger partial charge in [-0.15, -0.1) is 0 Å². The minimum Gasteiger partial charge on any atom is -0.469 e. The van der Waals surface area contributed by atoms with E-state index in [4.69, 9.17) is 9.47 Å². The standard InChI is InChI=1S/C13H23NO4/c1-9-10(11(15)17-5)7-6-8-14(9)12(16)18-13(2,3)4/h9-10H,6-8H2,1-5H3. The van der Waals surface area contributed by atoms with Gasteiger partial charge in [0.15, 0.2) is 0 Å². The highest BCUT2D eigenvalue weighted by molar-refractivity contribution is 5.75. The average Bonchev–Trinajstić information content (AvgIpc) is 2.26. The Kier molecular flexibility index (Phi) is 4.59. The van der Waals surface area contributed by atoms with Crippen molar-refractivity contribution in [2.75, 3.05) is 13.7 Å². The van der Waals surface area contributed by atoms with Gasteiger partial charge in [-0.05, 0) is 40.5 Å². The Morgan fingerprint density at radius 1 is 1.28 bits per heavy atom. The molecule has 104 valence electrons. The molecule has 1 aliphatic heterocycles. The molecule has 0 aromatic rings. The molecular weight excluding hydrogens is 234 g/mol. The minimum absolute atomic E-state index is 0.180. The topological polar surface area (TPSA) is 55.8 Å². The number of methoxy groups -OCH3 is 1. The predicted molar refractivity (Wildman–Crippen MR) is 67.1 cm³/mol. The summed E-state index contributed by atoms with van der Waals surface area (Å²) in [6.07, 6.45) is 1.19. The zero-order valence-electron chi connectivity index (χ0n) is 11.9. The maximum atomic E-state index is 12.0. The summed E-state index contributed by atoms with van der Waals surface area (Å²) in [6.45, 7) is 7.99. The molecule has 2 unspecified atom stereocenters. The molecule has 5 heteroatoms. The van der Waals surface area contributed by atoms with Gasteiger partial charge in [0.1, 0.15) is 5.60 Å². The van der Waals surface area contributed by atoms with Gasteiger partial charge < -0.3 is 14.4 Å². The molecule has 1 aliphatic rings. The van der Waals surface area contributed by atoms with E-state index < -0.39 is 5.60 Å². The van der Waals surface area contributed by atoms with Gasteiger partial charge in [0, 0.05) is 12.6 Å². The molecule has 1 rings (SSSR count). The summed E-state index contributed by atoms with van der Waals surface area (Å²) < 4.78 is 10.1. The number of amides is 1. The third kappa shape index (κ3) is 3.62. The second kappa shape index (κ2) is 5.59. The number of esters is 1. The summed E-state index contributed by atoms with van der Waals surface area (Å²) in [4.78, 5) is 25.3. The van der Waals surface area contributed by atoms with Crippen LogP contribution in [0, 0.1) is 5.92 Å². The Balaban J connectivity index is 2.71. The molecule has 2 atom stereocenters. The van der Waals surface area contributed by atoms with E-state index in [0.717, 1.165) is 12.8 Å². The lowest BCUT2D eigenvalue weighted by Gasteiger charge is -2.38. The van der Waals surface area contributed by atoms with Crippen LogP contribution in [0.2, 0.25) is 0 Å². The van der Waals surface area contributed by atoms with E-state index in [-0.39, 0.29) is 24.0 Å². The summed E-state index contributed by atoms with van der Waals surface area (Å²) in [5, 5.41) is 0. The van der Waals surface area contributed by atoms with Gasteiger partial charge in [-0.1, -0.05) is 0 Å². The van der Waals surface area contributed by atoms with Crippen LogP contribution in [-0.4, -0.2) is 42.3 Å². The molecule has 1 amide bonds. The zero-order valence-corrected chi connectivity index (χ0v) is 11.9. The Hall–Kier alpha value is -1.26. The van der Waals surface area contributed by atoms with E-state index in [1.165, 1.54) is 7.11 Å². The predicted octanol–water partition coefficient (Wildman–Crippen LogP) is 2.20. The van der Waals surface area contributed by atoms with Crippen molar-refractivity contribution >= 4 is 12.1 Å². The maximum absolute atomic E-state index is 12.0. The van der Waals surface area contributed by atoms with Gasteiger partial charge in [0.2, 0.25) is 0 Å². The van der Waals surface area contributed by atoms with Crippen LogP contribution in [0.3, 0.4) is 0 Å². The quantitative estimate of drug-likeness (QED) is 0.676. The number of ether oxygens (including phenoxy) is 2. The molecule has 1 saturated heterocycles. The molecule has 1 heterocycles. The molecule has 5 nitrogen and oxygen atoms in total. The fourth-order valence-corrected chi connectivity index (χ4v) is 2.19. The van der Waals surface area contributed by atoms with Crippen LogP contribution < -0.4 is 0 Å². The highest BCUT2D eigenvalue weighted by Crippen LogP contribution is 2.26. The minimum atomic E-state index is -0.519. The van der Waals surface area contributed by atoms with Crippen LogP contribution in [-0.2, 0) is 14.3 Å². The monoisotopic (exact) mass is 257 g/mol. The largest absolute Gasteiger partial charge is 0.469 e. The van der Waals surface area contributed by atoms with E-state index in [2.05, 4.69) is 0 Å². The smallest absolute Gasteiger partial charge is 0.410 e. The van der Waals surface area contributed by atoms with Crippen LogP contribution in [0.15, 0.2) is 0 Å². The summed E-state index contributed by atoms with van der Waals surface area (Å²) in [7, 11) is 1.38. The van der Waals surface area contributed by atoms with Crippen LogP contribution >= 0.6 is 0 Å². The van der Waals surface area contributed by atoms with Crippen molar-refractivity contribution in [2.24, 2.45) is 5.92 Å². The van der Waals surface area contributed by atoms with Crippen molar-refractivity contribution in [3.8, 4) is 0 Å². The number of carbonyl (C=O) groups excluding carboxylic acids is 2.